The summed E-state index contributed by atoms with van der Waals surface area (Å²) in [6.45, 7) is 4.99. The van der Waals surface area contributed by atoms with Gasteiger partial charge in [-0.15, -0.1) is 0 Å². The fourth-order valence-electron chi connectivity index (χ4n) is 2.02. The van der Waals surface area contributed by atoms with E-state index in [1.54, 1.807) is 0 Å². The van der Waals surface area contributed by atoms with Crippen LogP contribution in [0.1, 0.15) is 18.5 Å². The van der Waals surface area contributed by atoms with Crippen LogP contribution in [0.5, 0.6) is 5.75 Å². The number of ether oxygens (including phenoxy) is 1. The number of benzene rings is 1. The number of morpholine rings is 1. The maximum atomic E-state index is 13.1. The summed E-state index contributed by atoms with van der Waals surface area (Å²) in [7, 11) is 0. The van der Waals surface area contributed by atoms with Crippen molar-refractivity contribution >= 4 is 0 Å². The van der Waals surface area contributed by atoms with Crippen LogP contribution in [0.25, 0.3) is 0 Å². The smallest absolute Gasteiger partial charge is 0.123 e. The van der Waals surface area contributed by atoms with Crippen molar-refractivity contribution < 1.29 is 14.2 Å². The SMILES string of the molecule is CC(c1cc(F)ccc1O)N1CCOCC1. The van der Waals surface area contributed by atoms with E-state index in [0.29, 0.717) is 18.8 Å². The molecule has 4 heteroatoms. The average molecular weight is 225 g/mol. The second-order valence-electron chi connectivity index (χ2n) is 4.03. The van der Waals surface area contributed by atoms with Crippen molar-refractivity contribution in [3.05, 3.63) is 29.6 Å². The molecule has 1 atom stereocenters. The molecule has 0 spiro atoms. The van der Waals surface area contributed by atoms with Crippen molar-refractivity contribution in [1.82, 2.24) is 4.90 Å². The summed E-state index contributed by atoms with van der Waals surface area (Å²) >= 11 is 0. The molecule has 1 saturated heterocycles. The molecule has 0 amide bonds. The second kappa shape index (κ2) is 4.80. The van der Waals surface area contributed by atoms with E-state index in [1.165, 1.54) is 18.2 Å². The van der Waals surface area contributed by atoms with Crippen LogP contribution in [0.15, 0.2) is 18.2 Å². The van der Waals surface area contributed by atoms with Crippen molar-refractivity contribution in [3.8, 4) is 5.75 Å². The highest BCUT2D eigenvalue weighted by atomic mass is 19.1. The largest absolute Gasteiger partial charge is 0.508 e. The molecule has 16 heavy (non-hydrogen) atoms. The molecule has 1 aromatic carbocycles. The fraction of sp³-hybridized carbons (Fsp3) is 0.500. The number of phenols is 1. The molecule has 0 aliphatic carbocycles. The van der Waals surface area contributed by atoms with E-state index in [4.69, 9.17) is 4.74 Å². The highest BCUT2D eigenvalue weighted by molar-refractivity contribution is 5.34. The Morgan fingerprint density at radius 2 is 2.06 bits per heavy atom. The predicted octanol–water partition coefficient (Wildman–Crippen LogP) is 1.92. The summed E-state index contributed by atoms with van der Waals surface area (Å²) in [6.07, 6.45) is 0. The van der Waals surface area contributed by atoms with Gasteiger partial charge >= 0.3 is 0 Å². The van der Waals surface area contributed by atoms with Crippen molar-refractivity contribution in [3.63, 3.8) is 0 Å². The Morgan fingerprint density at radius 3 is 2.75 bits per heavy atom. The normalized spacial score (nSPS) is 19.6. The molecule has 3 nitrogen and oxygen atoms in total. The molecule has 1 aliphatic rings. The van der Waals surface area contributed by atoms with Crippen LogP contribution in [-0.2, 0) is 4.74 Å². The summed E-state index contributed by atoms with van der Waals surface area (Å²) in [6, 6.07) is 4.08. The first-order valence-electron chi connectivity index (χ1n) is 5.48. The van der Waals surface area contributed by atoms with Crippen LogP contribution >= 0.6 is 0 Å². The Morgan fingerprint density at radius 1 is 1.38 bits per heavy atom. The first kappa shape index (κ1) is 11.4. The third-order valence-corrected chi connectivity index (χ3v) is 3.03. The number of halogens is 1. The number of hydrogen-bond donors (Lipinski definition) is 1. The Bertz CT molecular complexity index is 364. The standard InChI is InChI=1S/C12H16FNO2/c1-9(14-4-6-16-7-5-14)11-8-10(13)2-3-12(11)15/h2-3,8-9,15H,4-7H2,1H3. The number of rotatable bonds is 2. The van der Waals surface area contributed by atoms with E-state index >= 15 is 0 Å². The minimum Gasteiger partial charge on any atom is -0.508 e. The summed E-state index contributed by atoms with van der Waals surface area (Å²) in [5.41, 5.74) is 0.641. The van der Waals surface area contributed by atoms with Crippen LogP contribution in [-0.4, -0.2) is 36.3 Å². The molecule has 88 valence electrons. The van der Waals surface area contributed by atoms with Gasteiger partial charge in [0.1, 0.15) is 11.6 Å². The Hall–Kier alpha value is -1.13. The predicted molar refractivity (Wildman–Crippen MR) is 58.9 cm³/mol. The topological polar surface area (TPSA) is 32.7 Å². The lowest BCUT2D eigenvalue weighted by Crippen LogP contribution is -2.38. The lowest BCUT2D eigenvalue weighted by atomic mass is 10.1. The molecule has 1 unspecified atom stereocenters. The maximum Gasteiger partial charge on any atom is 0.123 e. The molecule has 0 saturated carbocycles. The molecule has 2 rings (SSSR count). The third kappa shape index (κ3) is 2.33. The minimum absolute atomic E-state index is 0.0135. The van der Waals surface area contributed by atoms with Gasteiger partial charge in [0, 0.05) is 24.7 Å². The summed E-state index contributed by atoms with van der Waals surface area (Å²) < 4.78 is 18.4. The molecule has 0 aromatic heterocycles. The number of nitrogens with zero attached hydrogens (tertiary/aromatic N) is 1. The van der Waals surface area contributed by atoms with Gasteiger partial charge in [0.15, 0.2) is 0 Å². The number of aromatic hydroxyl groups is 1. The van der Waals surface area contributed by atoms with Crippen molar-refractivity contribution in [2.45, 2.75) is 13.0 Å². The van der Waals surface area contributed by atoms with Crippen LogP contribution in [0.3, 0.4) is 0 Å². The quantitative estimate of drug-likeness (QED) is 0.834. The molecule has 0 radical (unpaired) electrons. The van der Waals surface area contributed by atoms with Crippen molar-refractivity contribution in [2.24, 2.45) is 0 Å². The highest BCUT2D eigenvalue weighted by Crippen LogP contribution is 2.29. The second-order valence-corrected chi connectivity index (χ2v) is 4.03. The molecule has 1 fully saturated rings. The molecule has 1 aliphatic heterocycles. The number of hydrogen-bond acceptors (Lipinski definition) is 3. The van der Waals surface area contributed by atoms with Gasteiger partial charge in [-0.2, -0.15) is 0 Å². The van der Waals surface area contributed by atoms with Gasteiger partial charge in [0.2, 0.25) is 0 Å². The Labute approximate surface area is 94.4 Å². The molecule has 1 heterocycles. The zero-order chi connectivity index (χ0) is 11.5. The van der Waals surface area contributed by atoms with Gasteiger partial charge in [-0.3, -0.25) is 4.90 Å². The molecular weight excluding hydrogens is 209 g/mol. The van der Waals surface area contributed by atoms with E-state index in [2.05, 4.69) is 4.90 Å². The van der Waals surface area contributed by atoms with E-state index in [0.717, 1.165) is 13.1 Å². The van der Waals surface area contributed by atoms with Gasteiger partial charge in [-0.05, 0) is 25.1 Å². The first-order valence-corrected chi connectivity index (χ1v) is 5.48. The monoisotopic (exact) mass is 225 g/mol. The zero-order valence-corrected chi connectivity index (χ0v) is 9.32. The van der Waals surface area contributed by atoms with Gasteiger partial charge in [0.05, 0.1) is 13.2 Å². The Kier molecular flexibility index (Phi) is 3.41. The lowest BCUT2D eigenvalue weighted by Gasteiger charge is -2.32. The highest BCUT2D eigenvalue weighted by Gasteiger charge is 2.21. The van der Waals surface area contributed by atoms with E-state index in [9.17, 15) is 9.50 Å². The first-order chi connectivity index (χ1) is 7.68. The van der Waals surface area contributed by atoms with Crippen LogP contribution in [0, 0.1) is 5.82 Å². The Balaban J connectivity index is 2.18. The maximum absolute atomic E-state index is 13.1. The molecular formula is C12H16FNO2. The van der Waals surface area contributed by atoms with E-state index in [-0.39, 0.29) is 17.6 Å². The van der Waals surface area contributed by atoms with Crippen LogP contribution in [0.4, 0.5) is 4.39 Å². The van der Waals surface area contributed by atoms with Gasteiger partial charge < -0.3 is 9.84 Å². The van der Waals surface area contributed by atoms with Crippen molar-refractivity contribution in [2.75, 3.05) is 26.3 Å². The van der Waals surface area contributed by atoms with Gasteiger partial charge in [-0.25, -0.2) is 4.39 Å². The van der Waals surface area contributed by atoms with Crippen molar-refractivity contribution in [1.29, 1.82) is 0 Å². The van der Waals surface area contributed by atoms with Crippen LogP contribution < -0.4 is 0 Å². The lowest BCUT2D eigenvalue weighted by molar-refractivity contribution is 0.0194. The molecule has 1 aromatic rings. The molecule has 0 bridgehead atoms. The third-order valence-electron chi connectivity index (χ3n) is 3.03. The molecule has 1 N–H and O–H groups in total. The van der Waals surface area contributed by atoms with Gasteiger partial charge in [-0.1, -0.05) is 0 Å². The van der Waals surface area contributed by atoms with E-state index < -0.39 is 0 Å². The minimum atomic E-state index is -0.312. The zero-order valence-electron chi connectivity index (χ0n) is 9.32. The number of phenolic OH excluding ortho intramolecular Hbond substituents is 1. The summed E-state index contributed by atoms with van der Waals surface area (Å²) in [5, 5.41) is 9.71. The average Bonchev–Trinajstić information content (AvgIpc) is 2.32. The fourth-order valence-corrected chi connectivity index (χ4v) is 2.02. The van der Waals surface area contributed by atoms with Gasteiger partial charge in [0.25, 0.3) is 0 Å². The van der Waals surface area contributed by atoms with Crippen LogP contribution in [0.2, 0.25) is 0 Å². The summed E-state index contributed by atoms with van der Waals surface area (Å²) in [4.78, 5) is 2.18. The van der Waals surface area contributed by atoms with E-state index in [1.807, 2.05) is 6.92 Å². The summed E-state index contributed by atoms with van der Waals surface area (Å²) in [5.74, 6) is -0.159.